The van der Waals surface area contributed by atoms with Gasteiger partial charge in [-0.15, -0.1) is 0 Å². The highest BCUT2D eigenvalue weighted by molar-refractivity contribution is 7.91. The normalized spacial score (nSPS) is 8.00. The molecular formula is H4B2O2S. The van der Waals surface area contributed by atoms with E-state index in [1.54, 1.807) is 16.1 Å². The van der Waals surface area contributed by atoms with Crippen LogP contribution in [0.1, 0.15) is 0 Å². The van der Waals surface area contributed by atoms with Crippen LogP contribution in [0.15, 0.2) is 0 Å². The van der Waals surface area contributed by atoms with Crippen LogP contribution in [0, 0.1) is 0 Å². The van der Waals surface area contributed by atoms with E-state index >= 15 is 0 Å². The van der Waals surface area contributed by atoms with E-state index in [4.69, 9.17) is 0 Å². The standard InChI is InChI=1S/B2H4O2S/c1-3-5-4-2/h1-2H2. The van der Waals surface area contributed by atoms with Crippen LogP contribution in [-0.4, -0.2) is 16.1 Å². The van der Waals surface area contributed by atoms with Crippen molar-refractivity contribution in [2.24, 2.45) is 0 Å². The van der Waals surface area contributed by atoms with Crippen molar-refractivity contribution < 1.29 is 8.20 Å². The Morgan fingerprint density at radius 1 is 1.20 bits per heavy atom. The van der Waals surface area contributed by atoms with Gasteiger partial charge in [-0.05, 0) is 0 Å². The Kier molecular flexibility index (Phi) is 4.75. The van der Waals surface area contributed by atoms with Crippen LogP contribution in [0.4, 0.5) is 0 Å². The highest BCUT2D eigenvalue weighted by Gasteiger charge is 1.66. The van der Waals surface area contributed by atoms with Crippen LogP contribution < -0.4 is 0 Å². The number of hydrogen-bond acceptors (Lipinski definition) is 3. The Labute approximate surface area is 37.5 Å². The molecule has 0 saturated heterocycles. The third-order valence-electron chi connectivity index (χ3n) is 0.136. The predicted molar refractivity (Wildman–Crippen MR) is 26.8 cm³/mol. The van der Waals surface area contributed by atoms with E-state index in [1.807, 2.05) is 0 Å². The molecule has 0 saturated carbocycles. The lowest BCUT2D eigenvalue weighted by Gasteiger charge is -1.85. The molecule has 0 radical (unpaired) electrons. The molecule has 0 N–H and O–H groups in total. The van der Waals surface area contributed by atoms with Gasteiger partial charge < -0.3 is 8.20 Å². The molecule has 0 aromatic heterocycles. The Hall–Kier alpha value is 0.400. The predicted octanol–water partition coefficient (Wildman–Crippen LogP) is -1.32. The molecule has 0 aliphatic heterocycles. The zero-order valence-corrected chi connectivity index (χ0v) is 4.04. The summed E-state index contributed by atoms with van der Waals surface area (Å²) < 4.78 is 8.77. The number of rotatable bonds is 2. The zero-order valence-electron chi connectivity index (χ0n) is 3.22. The Bertz CT molecular complexity index is 15.1. The van der Waals surface area contributed by atoms with Crippen molar-refractivity contribution in [2.45, 2.75) is 0 Å². The molecule has 0 rings (SSSR count). The fourth-order valence-electron chi connectivity index (χ4n) is 0.0680. The molecule has 5 heavy (non-hydrogen) atoms. The molecule has 0 unspecified atom stereocenters. The van der Waals surface area contributed by atoms with E-state index < -0.39 is 0 Å². The minimum Gasteiger partial charge on any atom is -0.365 e. The lowest BCUT2D eigenvalue weighted by molar-refractivity contribution is 0.605. The van der Waals surface area contributed by atoms with Gasteiger partial charge in [0.1, 0.15) is 12.3 Å². The van der Waals surface area contributed by atoms with Gasteiger partial charge in [0.2, 0.25) is 0 Å². The summed E-state index contributed by atoms with van der Waals surface area (Å²) in [7, 11) is 3.10. The zero-order chi connectivity index (χ0) is 4.12. The molecule has 28 valence electrons. The minimum absolute atomic E-state index is 0.963. The van der Waals surface area contributed by atoms with Gasteiger partial charge in [0.05, 0.1) is 0 Å². The lowest BCUT2D eigenvalue weighted by atomic mass is 10.6. The molecule has 2 nitrogen and oxygen atoms in total. The van der Waals surface area contributed by atoms with Gasteiger partial charge >= 0.3 is 0 Å². The largest absolute Gasteiger partial charge is 0.365 e. The van der Waals surface area contributed by atoms with Crippen LogP contribution in [0.3, 0.4) is 0 Å². The topological polar surface area (TPSA) is 18.5 Å². The summed E-state index contributed by atoms with van der Waals surface area (Å²) in [6.07, 6.45) is 0. The van der Waals surface area contributed by atoms with Crippen molar-refractivity contribution >= 4 is 28.4 Å². The number of hydrogen-bond donors (Lipinski definition) is 0. The van der Waals surface area contributed by atoms with Gasteiger partial charge in [-0.3, -0.25) is 0 Å². The average molecular weight is 89.7 g/mol. The van der Waals surface area contributed by atoms with Crippen molar-refractivity contribution in [3.63, 3.8) is 0 Å². The van der Waals surface area contributed by atoms with Gasteiger partial charge in [-0.25, -0.2) is 0 Å². The maximum atomic E-state index is 4.39. The summed E-state index contributed by atoms with van der Waals surface area (Å²) in [4.78, 5) is 0. The van der Waals surface area contributed by atoms with E-state index in [0.29, 0.717) is 0 Å². The average Bonchev–Trinajstić information content (AvgIpc) is 1.41. The molecule has 0 atom stereocenters. The fraction of sp³-hybridized carbons (Fsp3) is 0. The van der Waals surface area contributed by atoms with E-state index in [-0.39, 0.29) is 0 Å². The van der Waals surface area contributed by atoms with E-state index in [9.17, 15) is 0 Å². The molecule has 0 fully saturated rings. The van der Waals surface area contributed by atoms with Crippen molar-refractivity contribution in [1.29, 1.82) is 0 Å². The second-order valence-electron chi connectivity index (χ2n) is 0.401. The molecule has 0 aliphatic rings. The second-order valence-corrected chi connectivity index (χ2v) is 1.20. The van der Waals surface area contributed by atoms with Gasteiger partial charge in [-0.1, -0.05) is 0 Å². The van der Waals surface area contributed by atoms with Crippen LogP contribution in [0.2, 0.25) is 0 Å². The van der Waals surface area contributed by atoms with Gasteiger partial charge in [0, 0.05) is 0 Å². The third kappa shape index (κ3) is 4.40. The first kappa shape index (κ1) is 5.40. The fourth-order valence-corrected chi connectivity index (χ4v) is 0.204. The smallest absolute Gasteiger partial charge is 0.280 e. The monoisotopic (exact) mass is 90.0 g/mol. The second kappa shape index (κ2) is 4.40. The van der Waals surface area contributed by atoms with Crippen molar-refractivity contribution in [3.05, 3.63) is 0 Å². The van der Waals surface area contributed by atoms with Gasteiger partial charge in [0.25, 0.3) is 16.1 Å². The molecular weight excluding hydrogens is 85.7 g/mol. The van der Waals surface area contributed by atoms with E-state index in [0.717, 1.165) is 12.3 Å². The summed E-state index contributed by atoms with van der Waals surface area (Å²) in [6.45, 7) is 0. The van der Waals surface area contributed by atoms with Crippen LogP contribution in [0.5, 0.6) is 0 Å². The maximum Gasteiger partial charge on any atom is 0.280 e. The third-order valence-corrected chi connectivity index (χ3v) is 0.408. The summed E-state index contributed by atoms with van der Waals surface area (Å²) in [5.74, 6) is 0. The quantitative estimate of drug-likeness (QED) is 0.309. The first-order valence-corrected chi connectivity index (χ1v) is 1.82. The van der Waals surface area contributed by atoms with Crippen LogP contribution in [0.25, 0.3) is 0 Å². The highest BCUT2D eigenvalue weighted by atomic mass is 32.2. The maximum absolute atomic E-state index is 4.39. The molecule has 0 aliphatic carbocycles. The van der Waals surface area contributed by atoms with Gasteiger partial charge in [-0.2, -0.15) is 0 Å². The molecule has 0 heterocycles. The Morgan fingerprint density at radius 2 is 1.60 bits per heavy atom. The Balaban J connectivity index is 2.19. The lowest BCUT2D eigenvalue weighted by Crippen LogP contribution is -1.69. The molecule has 0 amide bonds. The van der Waals surface area contributed by atoms with Gasteiger partial charge in [0.15, 0.2) is 0 Å². The summed E-state index contributed by atoms with van der Waals surface area (Å²) in [5.41, 5.74) is 0. The van der Waals surface area contributed by atoms with Crippen molar-refractivity contribution in [2.75, 3.05) is 0 Å². The van der Waals surface area contributed by atoms with E-state index in [1.165, 1.54) is 0 Å². The molecule has 0 aromatic carbocycles. The first-order chi connectivity index (χ1) is 2.41. The van der Waals surface area contributed by atoms with Crippen LogP contribution in [-0.2, 0) is 8.20 Å². The summed E-state index contributed by atoms with van der Waals surface area (Å²) in [6, 6.07) is 0. The first-order valence-electron chi connectivity index (χ1n) is 1.15. The highest BCUT2D eigenvalue weighted by Crippen LogP contribution is 1.93. The SMILES string of the molecule is BOSOB. The summed E-state index contributed by atoms with van der Waals surface area (Å²) in [5, 5.41) is 0. The van der Waals surface area contributed by atoms with Crippen molar-refractivity contribution in [1.82, 2.24) is 0 Å². The van der Waals surface area contributed by atoms with Crippen LogP contribution >= 0.6 is 12.3 Å². The van der Waals surface area contributed by atoms with E-state index in [2.05, 4.69) is 8.20 Å². The summed E-state index contributed by atoms with van der Waals surface area (Å²) >= 11 is 0.963. The molecule has 0 spiro atoms. The molecule has 0 bridgehead atoms. The molecule has 5 heteroatoms. The Morgan fingerprint density at radius 3 is 1.60 bits per heavy atom. The molecule has 0 aromatic rings. The minimum atomic E-state index is 0.963. The van der Waals surface area contributed by atoms with Crippen molar-refractivity contribution in [3.8, 4) is 0 Å².